The summed E-state index contributed by atoms with van der Waals surface area (Å²) in [7, 11) is 0. The van der Waals surface area contributed by atoms with Gasteiger partial charge >= 0.3 is 0 Å². The monoisotopic (exact) mass is 244 g/mol. The lowest BCUT2D eigenvalue weighted by molar-refractivity contribution is -0.105. The molecule has 18 heavy (non-hydrogen) atoms. The lowest BCUT2D eigenvalue weighted by atomic mass is 10.2. The van der Waals surface area contributed by atoms with Crippen LogP contribution in [-0.4, -0.2) is 16.1 Å². The van der Waals surface area contributed by atoms with Gasteiger partial charge in [-0.1, -0.05) is 18.2 Å². The third-order valence-corrected chi connectivity index (χ3v) is 2.61. The second kappa shape index (κ2) is 4.75. The van der Waals surface area contributed by atoms with E-state index in [9.17, 15) is 14.7 Å². The summed E-state index contributed by atoms with van der Waals surface area (Å²) in [4.78, 5) is 22.4. The van der Waals surface area contributed by atoms with Crippen molar-refractivity contribution in [3.63, 3.8) is 0 Å². The highest BCUT2D eigenvalue weighted by molar-refractivity contribution is 5.76. The SMILES string of the molecule is Cc1cc(=O)n(-c2ccccc2)c(O)c1NC=O. The number of carbonyl (C=O) groups is 1. The average Bonchev–Trinajstić information content (AvgIpc) is 2.35. The van der Waals surface area contributed by atoms with Gasteiger partial charge in [-0.25, -0.2) is 4.57 Å². The van der Waals surface area contributed by atoms with Gasteiger partial charge in [0.05, 0.1) is 5.69 Å². The molecule has 1 aromatic carbocycles. The van der Waals surface area contributed by atoms with E-state index in [0.717, 1.165) is 4.57 Å². The average molecular weight is 244 g/mol. The first kappa shape index (κ1) is 11.9. The van der Waals surface area contributed by atoms with Crippen LogP contribution in [0.1, 0.15) is 5.56 Å². The van der Waals surface area contributed by atoms with Crippen LogP contribution in [0.4, 0.5) is 5.69 Å². The highest BCUT2D eigenvalue weighted by Crippen LogP contribution is 2.26. The third kappa shape index (κ3) is 1.98. The zero-order valence-corrected chi connectivity index (χ0v) is 9.75. The van der Waals surface area contributed by atoms with Crippen LogP contribution in [0.3, 0.4) is 0 Å². The fourth-order valence-electron chi connectivity index (χ4n) is 1.78. The van der Waals surface area contributed by atoms with Crippen LogP contribution in [-0.2, 0) is 4.79 Å². The number of nitrogens with zero attached hydrogens (tertiary/aromatic N) is 1. The Morgan fingerprint density at radius 2 is 1.94 bits per heavy atom. The summed E-state index contributed by atoms with van der Waals surface area (Å²) in [6.45, 7) is 1.64. The van der Waals surface area contributed by atoms with Crippen LogP contribution in [0.15, 0.2) is 41.2 Å². The Hall–Kier alpha value is -2.56. The topological polar surface area (TPSA) is 71.3 Å². The number of pyridine rings is 1. The van der Waals surface area contributed by atoms with Crippen LogP contribution in [0.25, 0.3) is 5.69 Å². The van der Waals surface area contributed by atoms with Gasteiger partial charge < -0.3 is 10.4 Å². The van der Waals surface area contributed by atoms with Crippen molar-refractivity contribution >= 4 is 12.1 Å². The van der Waals surface area contributed by atoms with Crippen LogP contribution in [0, 0.1) is 6.92 Å². The molecule has 0 fully saturated rings. The van der Waals surface area contributed by atoms with Crippen LogP contribution < -0.4 is 10.9 Å². The predicted octanol–water partition coefficient (Wildman–Crippen LogP) is 1.42. The molecule has 2 N–H and O–H groups in total. The number of rotatable bonds is 3. The number of carbonyl (C=O) groups excluding carboxylic acids is 1. The third-order valence-electron chi connectivity index (χ3n) is 2.61. The Morgan fingerprint density at radius 3 is 2.56 bits per heavy atom. The molecule has 1 aromatic heterocycles. The quantitative estimate of drug-likeness (QED) is 0.802. The smallest absolute Gasteiger partial charge is 0.258 e. The number of hydrogen-bond acceptors (Lipinski definition) is 3. The number of aromatic hydroxyl groups is 1. The highest BCUT2D eigenvalue weighted by atomic mass is 16.3. The minimum absolute atomic E-state index is 0.230. The Balaban J connectivity index is 2.72. The molecule has 0 spiro atoms. The molecule has 0 unspecified atom stereocenters. The van der Waals surface area contributed by atoms with Crippen molar-refractivity contribution in [3.05, 3.63) is 52.3 Å². The first-order valence-electron chi connectivity index (χ1n) is 5.36. The predicted molar refractivity (Wildman–Crippen MR) is 68.1 cm³/mol. The zero-order chi connectivity index (χ0) is 13.1. The number of aromatic nitrogens is 1. The fourth-order valence-corrected chi connectivity index (χ4v) is 1.78. The molecule has 0 bridgehead atoms. The molecule has 0 aliphatic rings. The van der Waals surface area contributed by atoms with Crippen LogP contribution in [0.2, 0.25) is 0 Å². The lowest BCUT2D eigenvalue weighted by Gasteiger charge is -2.13. The second-order valence-electron chi connectivity index (χ2n) is 3.80. The summed E-state index contributed by atoms with van der Waals surface area (Å²) >= 11 is 0. The minimum Gasteiger partial charge on any atom is -0.493 e. The van der Waals surface area contributed by atoms with Crippen molar-refractivity contribution in [2.75, 3.05) is 5.32 Å². The molecule has 5 heteroatoms. The number of anilines is 1. The van der Waals surface area contributed by atoms with Gasteiger partial charge in [-0.3, -0.25) is 9.59 Å². The highest BCUT2D eigenvalue weighted by Gasteiger charge is 2.13. The van der Waals surface area contributed by atoms with Gasteiger partial charge in [0, 0.05) is 6.07 Å². The molecule has 0 radical (unpaired) electrons. The second-order valence-corrected chi connectivity index (χ2v) is 3.80. The molecule has 0 aliphatic carbocycles. The minimum atomic E-state index is -0.354. The van der Waals surface area contributed by atoms with Crippen molar-refractivity contribution in [3.8, 4) is 11.6 Å². The Bertz CT molecular complexity index is 633. The summed E-state index contributed by atoms with van der Waals surface area (Å²) in [5, 5.41) is 12.5. The zero-order valence-electron chi connectivity index (χ0n) is 9.75. The van der Waals surface area contributed by atoms with Crippen molar-refractivity contribution in [2.45, 2.75) is 6.92 Å². The van der Waals surface area contributed by atoms with Crippen molar-refractivity contribution < 1.29 is 9.90 Å². The van der Waals surface area contributed by atoms with Crippen molar-refractivity contribution in [2.24, 2.45) is 0 Å². The first-order valence-corrected chi connectivity index (χ1v) is 5.36. The Labute approximate surface area is 103 Å². The molecule has 0 saturated carbocycles. The number of benzene rings is 1. The Kier molecular flexibility index (Phi) is 3.14. The maximum atomic E-state index is 11.9. The Morgan fingerprint density at radius 1 is 1.28 bits per heavy atom. The summed E-state index contributed by atoms with van der Waals surface area (Å²) < 4.78 is 1.14. The molecular weight excluding hydrogens is 232 g/mol. The van der Waals surface area contributed by atoms with E-state index in [0.29, 0.717) is 17.7 Å². The van der Waals surface area contributed by atoms with E-state index in [1.54, 1.807) is 31.2 Å². The number of para-hydroxylation sites is 1. The maximum absolute atomic E-state index is 11.9. The molecular formula is C13H12N2O3. The van der Waals surface area contributed by atoms with Crippen LogP contribution >= 0.6 is 0 Å². The van der Waals surface area contributed by atoms with E-state index in [1.165, 1.54) is 6.07 Å². The lowest BCUT2D eigenvalue weighted by Crippen LogP contribution is -2.19. The molecule has 0 atom stereocenters. The van der Waals surface area contributed by atoms with Gasteiger partial charge in [0.25, 0.3) is 5.56 Å². The van der Waals surface area contributed by atoms with Gasteiger partial charge in [-0.05, 0) is 24.6 Å². The summed E-state index contributed by atoms with van der Waals surface area (Å²) in [5.74, 6) is -0.279. The molecule has 2 rings (SSSR count). The van der Waals surface area contributed by atoms with Gasteiger partial charge in [0.15, 0.2) is 0 Å². The van der Waals surface area contributed by atoms with Crippen molar-refractivity contribution in [1.29, 1.82) is 0 Å². The number of aryl methyl sites for hydroxylation is 1. The number of hydrogen-bond donors (Lipinski definition) is 2. The van der Waals surface area contributed by atoms with E-state index >= 15 is 0 Å². The van der Waals surface area contributed by atoms with E-state index in [1.807, 2.05) is 6.07 Å². The summed E-state index contributed by atoms with van der Waals surface area (Å²) in [5.41, 5.74) is 0.923. The molecule has 0 saturated heterocycles. The molecule has 92 valence electrons. The summed E-state index contributed by atoms with van der Waals surface area (Å²) in [6.07, 6.45) is 0.460. The van der Waals surface area contributed by atoms with E-state index < -0.39 is 0 Å². The van der Waals surface area contributed by atoms with E-state index in [-0.39, 0.29) is 17.1 Å². The largest absolute Gasteiger partial charge is 0.493 e. The van der Waals surface area contributed by atoms with Gasteiger partial charge in [-0.2, -0.15) is 0 Å². The molecule has 1 amide bonds. The summed E-state index contributed by atoms with van der Waals surface area (Å²) in [6, 6.07) is 10.1. The molecule has 0 aliphatic heterocycles. The van der Waals surface area contributed by atoms with Gasteiger partial charge in [0.1, 0.15) is 5.69 Å². The number of amides is 1. The molecule has 2 aromatic rings. The van der Waals surface area contributed by atoms with Crippen LogP contribution in [0.5, 0.6) is 5.88 Å². The molecule has 5 nitrogen and oxygen atoms in total. The maximum Gasteiger partial charge on any atom is 0.258 e. The van der Waals surface area contributed by atoms with E-state index in [4.69, 9.17) is 0 Å². The fraction of sp³-hybridized carbons (Fsp3) is 0.0769. The van der Waals surface area contributed by atoms with Gasteiger partial charge in [-0.15, -0.1) is 0 Å². The first-order chi connectivity index (χ1) is 8.65. The molecule has 1 heterocycles. The van der Waals surface area contributed by atoms with Crippen molar-refractivity contribution in [1.82, 2.24) is 4.57 Å². The number of nitrogens with one attached hydrogen (secondary N) is 1. The van der Waals surface area contributed by atoms with Gasteiger partial charge in [0.2, 0.25) is 12.3 Å². The standard InChI is InChI=1S/C13H12N2O3/c1-9-7-11(17)15(10-5-3-2-4-6-10)13(18)12(9)14-8-16/h2-8,18H,1H3,(H,14,16). The van der Waals surface area contributed by atoms with E-state index in [2.05, 4.69) is 5.32 Å². The normalized spacial score (nSPS) is 10.1.